The molecule has 0 atom stereocenters. The number of nitrogens with one attached hydrogen (secondary N) is 1. The van der Waals surface area contributed by atoms with Gasteiger partial charge in [0.15, 0.2) is 0 Å². The minimum atomic E-state index is -4.07. The summed E-state index contributed by atoms with van der Waals surface area (Å²) in [7, 11) is -2.54. The summed E-state index contributed by atoms with van der Waals surface area (Å²) >= 11 is 5.96. The van der Waals surface area contributed by atoms with Crippen LogP contribution in [-0.4, -0.2) is 20.4 Å². The van der Waals surface area contributed by atoms with Crippen LogP contribution in [0.3, 0.4) is 0 Å². The molecule has 0 saturated heterocycles. The van der Waals surface area contributed by atoms with E-state index in [0.717, 1.165) is 6.07 Å². The molecule has 0 aliphatic heterocycles. The number of hydrogen-bond acceptors (Lipinski definition) is 5. The first kappa shape index (κ1) is 15.3. The average Bonchev–Trinajstić information content (AvgIpc) is 2.46. The second-order valence-corrected chi connectivity index (χ2v) is 6.38. The van der Waals surface area contributed by atoms with E-state index >= 15 is 0 Å². The van der Waals surface area contributed by atoms with Crippen molar-refractivity contribution in [3.8, 4) is 0 Å². The Morgan fingerprint density at radius 3 is 2.33 bits per heavy atom. The molecular weight excluding hydrogens is 316 g/mol. The van der Waals surface area contributed by atoms with Crippen LogP contribution >= 0.6 is 11.6 Å². The van der Waals surface area contributed by atoms with Crippen molar-refractivity contribution in [3.05, 3.63) is 57.6 Å². The van der Waals surface area contributed by atoms with E-state index in [1.807, 2.05) is 0 Å². The number of nitro benzene ring substituents is 1. The Hall–Kier alpha value is -2.12. The number of nitro groups is 1. The van der Waals surface area contributed by atoms with Gasteiger partial charge >= 0.3 is 0 Å². The maximum absolute atomic E-state index is 12.7. The number of sulfone groups is 1. The maximum Gasteiger partial charge on any atom is 0.288 e. The largest absolute Gasteiger partial charge is 0.386 e. The summed E-state index contributed by atoms with van der Waals surface area (Å²) in [5.74, 6) is 0. The van der Waals surface area contributed by atoms with Gasteiger partial charge in [-0.25, -0.2) is 8.42 Å². The Morgan fingerprint density at radius 2 is 1.71 bits per heavy atom. The smallest absolute Gasteiger partial charge is 0.288 e. The molecule has 6 nitrogen and oxygen atoms in total. The molecule has 0 heterocycles. The van der Waals surface area contributed by atoms with Crippen molar-refractivity contribution in [2.75, 3.05) is 12.4 Å². The second-order valence-electron chi connectivity index (χ2n) is 4.09. The number of hydrogen-bond donors (Lipinski definition) is 1. The van der Waals surface area contributed by atoms with Gasteiger partial charge in [0.25, 0.3) is 5.69 Å². The summed E-state index contributed by atoms with van der Waals surface area (Å²) in [6.07, 6.45) is 0. The molecule has 0 spiro atoms. The number of benzene rings is 2. The van der Waals surface area contributed by atoms with Gasteiger partial charge in [0, 0.05) is 13.1 Å². The number of rotatable bonds is 4. The van der Waals surface area contributed by atoms with Gasteiger partial charge in [-0.1, -0.05) is 29.8 Å². The van der Waals surface area contributed by atoms with Crippen LogP contribution in [0.5, 0.6) is 0 Å². The predicted octanol–water partition coefficient (Wildman–Crippen LogP) is 3.12. The predicted molar refractivity (Wildman–Crippen MR) is 79.5 cm³/mol. The Kier molecular flexibility index (Phi) is 4.15. The van der Waals surface area contributed by atoms with Crippen LogP contribution in [0.25, 0.3) is 0 Å². The quantitative estimate of drug-likeness (QED) is 0.688. The van der Waals surface area contributed by atoms with E-state index in [4.69, 9.17) is 11.6 Å². The molecule has 0 fully saturated rings. The van der Waals surface area contributed by atoms with Gasteiger partial charge in [-0.3, -0.25) is 10.1 Å². The van der Waals surface area contributed by atoms with E-state index in [-0.39, 0.29) is 20.5 Å². The molecule has 21 heavy (non-hydrogen) atoms. The number of nitrogens with zero attached hydrogens (tertiary/aromatic N) is 1. The minimum absolute atomic E-state index is 0.105. The number of para-hydroxylation sites is 2. The molecule has 1 N–H and O–H groups in total. The standard InChI is InChI=1S/C13H11ClN2O4S/c1-15-13-9(14)5-4-8-12(13)21(19,20)11-7-3-2-6-10(11)16(17)18/h2-8,15H,1H3. The summed E-state index contributed by atoms with van der Waals surface area (Å²) in [6, 6.07) is 9.56. The average molecular weight is 327 g/mol. The lowest BCUT2D eigenvalue weighted by molar-refractivity contribution is -0.387. The fourth-order valence-electron chi connectivity index (χ4n) is 1.92. The van der Waals surface area contributed by atoms with Crippen LogP contribution in [0.15, 0.2) is 52.3 Å². The molecule has 0 amide bonds. The van der Waals surface area contributed by atoms with Gasteiger partial charge in [0.1, 0.15) is 4.90 Å². The highest BCUT2D eigenvalue weighted by Crippen LogP contribution is 2.35. The van der Waals surface area contributed by atoms with E-state index < -0.39 is 20.4 Å². The van der Waals surface area contributed by atoms with E-state index in [1.165, 1.54) is 43.4 Å². The van der Waals surface area contributed by atoms with Gasteiger partial charge in [0.05, 0.1) is 20.5 Å². The molecule has 0 aliphatic rings. The van der Waals surface area contributed by atoms with Crippen LogP contribution in [-0.2, 0) is 9.84 Å². The highest BCUT2D eigenvalue weighted by Gasteiger charge is 2.29. The van der Waals surface area contributed by atoms with E-state index in [9.17, 15) is 18.5 Å². The van der Waals surface area contributed by atoms with Crippen molar-refractivity contribution in [3.63, 3.8) is 0 Å². The third-order valence-corrected chi connectivity index (χ3v) is 5.02. The van der Waals surface area contributed by atoms with Gasteiger partial charge in [0.2, 0.25) is 9.84 Å². The normalized spacial score (nSPS) is 11.1. The summed E-state index contributed by atoms with van der Waals surface area (Å²) < 4.78 is 25.4. The van der Waals surface area contributed by atoms with Crippen molar-refractivity contribution in [2.24, 2.45) is 0 Å². The highest BCUT2D eigenvalue weighted by atomic mass is 35.5. The lowest BCUT2D eigenvalue weighted by Crippen LogP contribution is -2.08. The molecule has 8 heteroatoms. The van der Waals surface area contributed by atoms with Crippen LogP contribution < -0.4 is 5.32 Å². The second kappa shape index (κ2) is 5.71. The van der Waals surface area contributed by atoms with E-state index in [1.54, 1.807) is 0 Å². The van der Waals surface area contributed by atoms with E-state index in [0.29, 0.717) is 0 Å². The lowest BCUT2D eigenvalue weighted by Gasteiger charge is -2.11. The first-order valence-electron chi connectivity index (χ1n) is 5.84. The molecule has 0 aromatic heterocycles. The third kappa shape index (κ3) is 2.70. The molecule has 0 unspecified atom stereocenters. The fraction of sp³-hybridized carbons (Fsp3) is 0.0769. The first-order chi connectivity index (χ1) is 9.89. The van der Waals surface area contributed by atoms with Gasteiger partial charge in [-0.2, -0.15) is 0 Å². The van der Waals surface area contributed by atoms with Crippen molar-refractivity contribution in [1.82, 2.24) is 0 Å². The zero-order chi connectivity index (χ0) is 15.6. The van der Waals surface area contributed by atoms with Gasteiger partial charge in [-0.15, -0.1) is 0 Å². The third-order valence-electron chi connectivity index (χ3n) is 2.87. The number of halogens is 1. The van der Waals surface area contributed by atoms with E-state index in [2.05, 4.69) is 5.32 Å². The van der Waals surface area contributed by atoms with Crippen molar-refractivity contribution >= 4 is 32.8 Å². The molecule has 0 saturated carbocycles. The maximum atomic E-state index is 12.7. The Morgan fingerprint density at radius 1 is 1.10 bits per heavy atom. The zero-order valence-electron chi connectivity index (χ0n) is 10.9. The Labute approximate surface area is 126 Å². The minimum Gasteiger partial charge on any atom is -0.386 e. The number of anilines is 1. The van der Waals surface area contributed by atoms with Crippen LogP contribution in [0, 0.1) is 10.1 Å². The summed E-state index contributed by atoms with van der Waals surface area (Å²) in [4.78, 5) is 9.82. The molecule has 2 rings (SSSR count). The summed E-state index contributed by atoms with van der Waals surface area (Å²) in [6.45, 7) is 0. The van der Waals surface area contributed by atoms with Crippen LogP contribution in [0.1, 0.15) is 0 Å². The fourth-order valence-corrected chi connectivity index (χ4v) is 3.90. The molecular formula is C13H11ClN2O4S. The van der Waals surface area contributed by atoms with Crippen LogP contribution in [0.2, 0.25) is 5.02 Å². The first-order valence-corrected chi connectivity index (χ1v) is 7.70. The topological polar surface area (TPSA) is 89.3 Å². The Bertz CT molecular complexity index is 806. The van der Waals surface area contributed by atoms with Gasteiger partial charge in [-0.05, 0) is 18.2 Å². The van der Waals surface area contributed by atoms with Crippen molar-refractivity contribution in [2.45, 2.75) is 9.79 Å². The summed E-state index contributed by atoms with van der Waals surface area (Å²) in [5, 5.41) is 13.9. The van der Waals surface area contributed by atoms with Crippen molar-refractivity contribution < 1.29 is 13.3 Å². The highest BCUT2D eigenvalue weighted by molar-refractivity contribution is 7.91. The van der Waals surface area contributed by atoms with Gasteiger partial charge < -0.3 is 5.32 Å². The summed E-state index contributed by atoms with van der Waals surface area (Å²) in [5.41, 5.74) is -0.267. The lowest BCUT2D eigenvalue weighted by atomic mass is 10.3. The van der Waals surface area contributed by atoms with Crippen molar-refractivity contribution in [1.29, 1.82) is 0 Å². The molecule has 2 aromatic carbocycles. The van der Waals surface area contributed by atoms with Crippen LogP contribution in [0.4, 0.5) is 11.4 Å². The Balaban J connectivity index is 2.75. The molecule has 0 radical (unpaired) electrons. The molecule has 110 valence electrons. The SMILES string of the molecule is CNc1c(Cl)cccc1S(=O)(=O)c1ccccc1[N+](=O)[O-]. The monoisotopic (exact) mass is 326 g/mol. The molecule has 0 aliphatic carbocycles. The molecule has 0 bridgehead atoms. The molecule has 2 aromatic rings. The zero-order valence-corrected chi connectivity index (χ0v) is 12.5.